The van der Waals surface area contributed by atoms with Crippen LogP contribution in [-0.2, 0) is 0 Å². The van der Waals surface area contributed by atoms with Crippen molar-refractivity contribution in [3.8, 4) is 0 Å². The molecular formula is C21H21N3O. The molecule has 3 heterocycles. The van der Waals surface area contributed by atoms with Crippen LogP contribution >= 0.6 is 0 Å². The molecular weight excluding hydrogens is 310 g/mol. The number of benzene rings is 2. The summed E-state index contributed by atoms with van der Waals surface area (Å²) in [6, 6.07) is 16.7. The van der Waals surface area contributed by atoms with Gasteiger partial charge in [0.2, 0.25) is 0 Å². The second kappa shape index (κ2) is 5.74. The number of piperazine rings is 1. The van der Waals surface area contributed by atoms with Gasteiger partial charge in [0, 0.05) is 42.3 Å². The number of hydrogen-bond donors (Lipinski definition) is 0. The Labute approximate surface area is 146 Å². The zero-order valence-corrected chi connectivity index (χ0v) is 14.4. The Bertz CT molecular complexity index is 1060. The van der Waals surface area contributed by atoms with E-state index in [9.17, 15) is 0 Å². The Morgan fingerprint density at radius 2 is 1.64 bits per heavy atom. The van der Waals surface area contributed by atoms with Gasteiger partial charge in [-0.25, -0.2) is 4.98 Å². The van der Waals surface area contributed by atoms with Crippen LogP contribution in [0.3, 0.4) is 0 Å². The third-order valence-electron chi connectivity index (χ3n) is 5.32. The minimum Gasteiger partial charge on any atom is -0.452 e. The number of hydrogen-bond acceptors (Lipinski definition) is 4. The van der Waals surface area contributed by atoms with Crippen LogP contribution in [0.25, 0.3) is 32.8 Å². The molecule has 2 aromatic heterocycles. The van der Waals surface area contributed by atoms with Crippen LogP contribution in [0.1, 0.15) is 6.92 Å². The van der Waals surface area contributed by atoms with Gasteiger partial charge >= 0.3 is 0 Å². The predicted octanol–water partition coefficient (Wildman–Crippen LogP) is 4.28. The lowest BCUT2D eigenvalue weighted by Crippen LogP contribution is -2.46. The van der Waals surface area contributed by atoms with Crippen LogP contribution in [0.15, 0.2) is 52.9 Å². The van der Waals surface area contributed by atoms with Crippen molar-refractivity contribution in [2.45, 2.75) is 6.92 Å². The Kier molecular flexibility index (Phi) is 3.38. The second-order valence-electron chi connectivity index (χ2n) is 6.68. The number of anilines is 1. The van der Waals surface area contributed by atoms with Crippen molar-refractivity contribution in [2.75, 3.05) is 37.6 Å². The molecule has 4 nitrogen and oxygen atoms in total. The van der Waals surface area contributed by atoms with E-state index in [2.05, 4.69) is 53.1 Å². The summed E-state index contributed by atoms with van der Waals surface area (Å²) < 4.78 is 6.28. The van der Waals surface area contributed by atoms with Gasteiger partial charge < -0.3 is 14.2 Å². The first kappa shape index (κ1) is 14.7. The highest BCUT2D eigenvalue weighted by Gasteiger charge is 2.23. The van der Waals surface area contributed by atoms with E-state index in [0.29, 0.717) is 0 Å². The highest BCUT2D eigenvalue weighted by atomic mass is 16.3. The van der Waals surface area contributed by atoms with Crippen LogP contribution < -0.4 is 4.90 Å². The molecule has 0 unspecified atom stereocenters. The Balaban J connectivity index is 1.77. The molecule has 1 saturated heterocycles. The summed E-state index contributed by atoms with van der Waals surface area (Å²) in [4.78, 5) is 9.84. The highest BCUT2D eigenvalue weighted by Crippen LogP contribution is 2.38. The standard InChI is InChI=1S/C21H21N3O/c1-2-23-11-13-24(14-12-23)21-20-19(15-7-3-5-9-17(15)22-21)16-8-4-6-10-18(16)25-20/h3-10H,2,11-14H2,1H3. The van der Waals surface area contributed by atoms with Gasteiger partial charge in [0.05, 0.1) is 5.52 Å². The van der Waals surface area contributed by atoms with Crippen LogP contribution in [0.2, 0.25) is 0 Å². The third-order valence-corrected chi connectivity index (χ3v) is 5.32. The average molecular weight is 331 g/mol. The topological polar surface area (TPSA) is 32.5 Å². The van der Waals surface area contributed by atoms with Crippen molar-refractivity contribution in [2.24, 2.45) is 0 Å². The van der Waals surface area contributed by atoms with Crippen molar-refractivity contribution in [1.82, 2.24) is 9.88 Å². The van der Waals surface area contributed by atoms with Gasteiger partial charge in [-0.2, -0.15) is 0 Å². The molecule has 0 atom stereocenters. The number of rotatable bonds is 2. The maximum atomic E-state index is 6.28. The summed E-state index contributed by atoms with van der Waals surface area (Å²) in [5.74, 6) is 0.987. The molecule has 4 heteroatoms. The summed E-state index contributed by atoms with van der Waals surface area (Å²) in [5, 5.41) is 3.53. The Morgan fingerprint density at radius 1 is 0.920 bits per heavy atom. The van der Waals surface area contributed by atoms with Crippen LogP contribution in [0, 0.1) is 0 Å². The zero-order valence-electron chi connectivity index (χ0n) is 14.4. The van der Waals surface area contributed by atoms with E-state index in [1.54, 1.807) is 0 Å². The maximum Gasteiger partial charge on any atom is 0.178 e. The molecule has 0 spiro atoms. The fraction of sp³-hybridized carbons (Fsp3) is 0.286. The summed E-state index contributed by atoms with van der Waals surface area (Å²) in [7, 11) is 0. The lowest BCUT2D eigenvalue weighted by molar-refractivity contribution is 0.270. The van der Waals surface area contributed by atoms with E-state index in [-0.39, 0.29) is 0 Å². The number of fused-ring (bicyclic) bond motifs is 5. The molecule has 2 aromatic carbocycles. The molecule has 126 valence electrons. The fourth-order valence-electron chi connectivity index (χ4n) is 3.91. The number of para-hydroxylation sites is 2. The first-order chi connectivity index (χ1) is 12.3. The molecule has 25 heavy (non-hydrogen) atoms. The van der Waals surface area contributed by atoms with Gasteiger partial charge in [-0.05, 0) is 18.7 Å². The molecule has 0 radical (unpaired) electrons. The van der Waals surface area contributed by atoms with Crippen molar-refractivity contribution in [3.05, 3.63) is 48.5 Å². The SMILES string of the molecule is CCN1CCN(c2nc3ccccc3c3c2oc2ccccc23)CC1. The molecule has 0 amide bonds. The van der Waals surface area contributed by atoms with Gasteiger partial charge in [0.25, 0.3) is 0 Å². The number of pyridine rings is 1. The van der Waals surface area contributed by atoms with Crippen LogP contribution in [-0.4, -0.2) is 42.6 Å². The molecule has 5 rings (SSSR count). The third kappa shape index (κ3) is 2.29. The van der Waals surface area contributed by atoms with Crippen molar-refractivity contribution in [1.29, 1.82) is 0 Å². The first-order valence-corrected chi connectivity index (χ1v) is 9.02. The molecule has 4 aromatic rings. The van der Waals surface area contributed by atoms with Crippen LogP contribution in [0.5, 0.6) is 0 Å². The molecule has 1 aliphatic rings. The maximum absolute atomic E-state index is 6.28. The van der Waals surface area contributed by atoms with E-state index in [0.717, 1.165) is 55.2 Å². The predicted molar refractivity (Wildman–Crippen MR) is 103 cm³/mol. The average Bonchev–Trinajstić information content (AvgIpc) is 3.07. The van der Waals surface area contributed by atoms with Crippen molar-refractivity contribution in [3.63, 3.8) is 0 Å². The largest absolute Gasteiger partial charge is 0.452 e. The monoisotopic (exact) mass is 331 g/mol. The van der Waals surface area contributed by atoms with E-state index >= 15 is 0 Å². The van der Waals surface area contributed by atoms with Gasteiger partial charge in [0.1, 0.15) is 5.58 Å². The molecule has 0 bridgehead atoms. The summed E-state index contributed by atoms with van der Waals surface area (Å²) in [5.41, 5.74) is 2.89. The molecule has 0 aliphatic carbocycles. The van der Waals surface area contributed by atoms with Gasteiger partial charge in [-0.3, -0.25) is 0 Å². The quantitative estimate of drug-likeness (QED) is 0.549. The van der Waals surface area contributed by atoms with E-state index in [1.165, 1.54) is 16.2 Å². The smallest absolute Gasteiger partial charge is 0.178 e. The zero-order chi connectivity index (χ0) is 16.8. The van der Waals surface area contributed by atoms with Crippen LogP contribution in [0.4, 0.5) is 5.82 Å². The summed E-state index contributed by atoms with van der Waals surface area (Å²) in [6.45, 7) is 7.47. The van der Waals surface area contributed by atoms with Gasteiger partial charge in [-0.1, -0.05) is 43.3 Å². The first-order valence-electron chi connectivity index (χ1n) is 9.02. The van der Waals surface area contributed by atoms with E-state index in [1.807, 2.05) is 12.1 Å². The number of furan rings is 1. The van der Waals surface area contributed by atoms with Gasteiger partial charge in [-0.15, -0.1) is 0 Å². The highest BCUT2D eigenvalue weighted by molar-refractivity contribution is 6.20. The Hall–Kier alpha value is -2.59. The minimum absolute atomic E-state index is 0.921. The number of likely N-dealkylation sites (N-methyl/N-ethyl adjacent to an activating group) is 1. The lowest BCUT2D eigenvalue weighted by Gasteiger charge is -2.34. The number of nitrogens with zero attached hydrogens (tertiary/aromatic N) is 3. The molecule has 0 saturated carbocycles. The Morgan fingerprint density at radius 3 is 2.44 bits per heavy atom. The van der Waals surface area contributed by atoms with E-state index < -0.39 is 0 Å². The summed E-state index contributed by atoms with van der Waals surface area (Å²) in [6.07, 6.45) is 0. The molecule has 0 N–H and O–H groups in total. The number of aromatic nitrogens is 1. The fourth-order valence-corrected chi connectivity index (χ4v) is 3.91. The molecule has 1 fully saturated rings. The van der Waals surface area contributed by atoms with E-state index in [4.69, 9.17) is 9.40 Å². The summed E-state index contributed by atoms with van der Waals surface area (Å²) >= 11 is 0. The minimum atomic E-state index is 0.921. The van der Waals surface area contributed by atoms with Gasteiger partial charge in [0.15, 0.2) is 11.4 Å². The lowest BCUT2D eigenvalue weighted by atomic mass is 10.1. The van der Waals surface area contributed by atoms with Crippen molar-refractivity contribution >= 4 is 38.7 Å². The molecule has 1 aliphatic heterocycles. The second-order valence-corrected chi connectivity index (χ2v) is 6.68. The normalized spacial score (nSPS) is 16.3. The van der Waals surface area contributed by atoms with Crippen molar-refractivity contribution < 1.29 is 4.42 Å².